The van der Waals surface area contributed by atoms with Gasteiger partial charge < -0.3 is 19.2 Å². The molecule has 0 amide bonds. The monoisotopic (exact) mass is 494 g/mol. The maximum atomic E-state index is 13.2. The summed E-state index contributed by atoms with van der Waals surface area (Å²) in [6, 6.07) is 6.06. The van der Waals surface area contributed by atoms with Crippen LogP contribution in [-0.2, 0) is 11.3 Å². The summed E-state index contributed by atoms with van der Waals surface area (Å²) in [5.74, 6) is 2.25. The first-order chi connectivity index (χ1) is 17.7. The zero-order chi connectivity index (χ0) is 24.5. The van der Waals surface area contributed by atoms with Crippen molar-refractivity contribution in [2.24, 2.45) is 0 Å². The SMILES string of the molecule is CCC(c1nnnn1C1CCCCC1)N(Cc1cc2cc3c(cc2[nH]c1=O)OCO3)CC1CCCO1. The van der Waals surface area contributed by atoms with Crippen LogP contribution in [0.2, 0.25) is 0 Å². The molecule has 2 atom stereocenters. The van der Waals surface area contributed by atoms with Gasteiger partial charge in [0.2, 0.25) is 6.79 Å². The van der Waals surface area contributed by atoms with Gasteiger partial charge in [-0.05, 0) is 54.7 Å². The first-order valence-electron chi connectivity index (χ1n) is 13.3. The Morgan fingerprint density at radius 3 is 2.72 bits per heavy atom. The summed E-state index contributed by atoms with van der Waals surface area (Å²) in [7, 11) is 0. The molecule has 10 nitrogen and oxygen atoms in total. The lowest BCUT2D eigenvalue weighted by Crippen LogP contribution is -2.38. The fraction of sp³-hybridized carbons (Fsp3) is 0.615. The number of fused-ring (bicyclic) bond motifs is 2. The lowest BCUT2D eigenvalue weighted by Gasteiger charge is -2.33. The van der Waals surface area contributed by atoms with E-state index < -0.39 is 0 Å². The lowest BCUT2D eigenvalue weighted by atomic mass is 9.95. The van der Waals surface area contributed by atoms with Crippen molar-refractivity contribution in [3.05, 3.63) is 39.9 Å². The third-order valence-electron chi connectivity index (χ3n) is 7.81. The van der Waals surface area contributed by atoms with Crippen LogP contribution in [0.5, 0.6) is 11.5 Å². The van der Waals surface area contributed by atoms with Crippen molar-refractivity contribution in [2.45, 2.75) is 83.0 Å². The predicted octanol–water partition coefficient (Wildman–Crippen LogP) is 3.88. The molecule has 4 heterocycles. The van der Waals surface area contributed by atoms with Gasteiger partial charge >= 0.3 is 0 Å². The van der Waals surface area contributed by atoms with Crippen LogP contribution in [0.25, 0.3) is 10.9 Å². The molecular formula is C26H34N6O4. The second kappa shape index (κ2) is 10.2. The van der Waals surface area contributed by atoms with Crippen molar-refractivity contribution in [2.75, 3.05) is 19.9 Å². The molecule has 10 heteroatoms. The Morgan fingerprint density at radius 2 is 1.94 bits per heavy atom. The molecule has 2 aromatic heterocycles. The molecule has 3 aromatic rings. The van der Waals surface area contributed by atoms with E-state index in [1.165, 1.54) is 19.3 Å². The summed E-state index contributed by atoms with van der Waals surface area (Å²) in [6.07, 6.45) is 9.01. The number of tetrazole rings is 1. The number of rotatable bonds is 8. The highest BCUT2D eigenvalue weighted by Gasteiger charge is 2.31. The Bertz CT molecular complexity index is 1260. The van der Waals surface area contributed by atoms with Gasteiger partial charge in [-0.15, -0.1) is 5.10 Å². The average Bonchev–Trinajstić information content (AvgIpc) is 3.67. The second-order valence-electron chi connectivity index (χ2n) is 10.2. The molecule has 1 saturated heterocycles. The van der Waals surface area contributed by atoms with Gasteiger partial charge in [0.15, 0.2) is 17.3 Å². The molecule has 6 rings (SSSR count). The molecule has 1 aromatic carbocycles. The first kappa shape index (κ1) is 23.4. The van der Waals surface area contributed by atoms with E-state index in [0.717, 1.165) is 62.0 Å². The number of pyridine rings is 1. The van der Waals surface area contributed by atoms with Crippen LogP contribution in [0.4, 0.5) is 0 Å². The highest BCUT2D eigenvalue weighted by Crippen LogP contribution is 2.36. The fourth-order valence-electron chi connectivity index (χ4n) is 5.94. The van der Waals surface area contributed by atoms with Gasteiger partial charge in [-0.2, -0.15) is 0 Å². The quantitative estimate of drug-likeness (QED) is 0.503. The zero-order valence-electron chi connectivity index (χ0n) is 20.8. The van der Waals surface area contributed by atoms with Gasteiger partial charge in [-0.3, -0.25) is 9.69 Å². The van der Waals surface area contributed by atoms with E-state index in [9.17, 15) is 4.79 Å². The van der Waals surface area contributed by atoms with Crippen molar-refractivity contribution in [3.8, 4) is 11.5 Å². The Morgan fingerprint density at radius 1 is 1.11 bits per heavy atom. The summed E-state index contributed by atoms with van der Waals surface area (Å²) in [6.45, 7) is 4.37. The summed E-state index contributed by atoms with van der Waals surface area (Å²) in [5, 5.41) is 14.0. The Balaban J connectivity index is 1.34. The molecule has 192 valence electrons. The molecule has 1 N–H and O–H groups in total. The van der Waals surface area contributed by atoms with E-state index in [-0.39, 0.29) is 24.5 Å². The van der Waals surface area contributed by atoms with Crippen molar-refractivity contribution >= 4 is 10.9 Å². The molecule has 2 unspecified atom stereocenters. The van der Waals surface area contributed by atoms with Crippen molar-refractivity contribution in [1.82, 2.24) is 30.1 Å². The highest BCUT2D eigenvalue weighted by atomic mass is 16.7. The number of hydrogen-bond donors (Lipinski definition) is 1. The second-order valence-corrected chi connectivity index (χ2v) is 10.2. The summed E-state index contributed by atoms with van der Waals surface area (Å²) in [4.78, 5) is 18.6. The molecule has 2 aliphatic heterocycles. The Hall–Kier alpha value is -2.98. The van der Waals surface area contributed by atoms with Crippen LogP contribution < -0.4 is 15.0 Å². The largest absolute Gasteiger partial charge is 0.454 e. The molecule has 0 spiro atoms. The molecule has 1 saturated carbocycles. The van der Waals surface area contributed by atoms with Gasteiger partial charge in [0.25, 0.3) is 5.56 Å². The third-order valence-corrected chi connectivity index (χ3v) is 7.81. The van der Waals surface area contributed by atoms with Crippen molar-refractivity contribution < 1.29 is 14.2 Å². The molecule has 3 aliphatic rings. The standard InChI is InChI=1S/C26H34N6O4/c1-2-22(25-28-29-30-32(25)19-7-4-3-5-8-19)31(15-20-9-6-10-34-20)14-18-11-17-12-23-24(36-16-35-23)13-21(17)27-26(18)33/h11-13,19-20,22H,2-10,14-16H2,1H3,(H,27,33). The number of nitrogens with one attached hydrogen (secondary N) is 1. The van der Waals surface area contributed by atoms with E-state index in [1.54, 1.807) is 0 Å². The van der Waals surface area contributed by atoms with E-state index in [1.807, 2.05) is 18.2 Å². The van der Waals surface area contributed by atoms with Crippen molar-refractivity contribution in [1.29, 1.82) is 0 Å². The highest BCUT2D eigenvalue weighted by molar-refractivity contribution is 5.83. The van der Waals surface area contributed by atoms with Gasteiger partial charge in [0.1, 0.15) is 0 Å². The Kier molecular flexibility index (Phi) is 6.62. The van der Waals surface area contributed by atoms with Crippen LogP contribution in [0.15, 0.2) is 23.0 Å². The van der Waals surface area contributed by atoms with Crippen LogP contribution in [0, 0.1) is 0 Å². The normalized spacial score (nSPS) is 21.0. The molecule has 0 radical (unpaired) electrons. The first-order valence-corrected chi connectivity index (χ1v) is 13.3. The molecule has 1 aliphatic carbocycles. The smallest absolute Gasteiger partial charge is 0.252 e. The van der Waals surface area contributed by atoms with Gasteiger partial charge in [-0.1, -0.05) is 26.2 Å². The minimum absolute atomic E-state index is 0.0158. The Labute approximate surface area is 209 Å². The zero-order valence-corrected chi connectivity index (χ0v) is 20.8. The van der Waals surface area contributed by atoms with Crippen LogP contribution in [0.1, 0.15) is 81.8 Å². The van der Waals surface area contributed by atoms with Crippen LogP contribution in [0.3, 0.4) is 0 Å². The minimum atomic E-state index is -0.0968. The number of nitrogens with zero attached hydrogens (tertiary/aromatic N) is 5. The summed E-state index contributed by atoms with van der Waals surface area (Å²) >= 11 is 0. The molecule has 2 fully saturated rings. The number of H-pyrrole nitrogens is 1. The maximum absolute atomic E-state index is 13.2. The third kappa shape index (κ3) is 4.59. The maximum Gasteiger partial charge on any atom is 0.252 e. The van der Waals surface area contributed by atoms with E-state index in [0.29, 0.717) is 29.6 Å². The summed E-state index contributed by atoms with van der Waals surface area (Å²) < 4.78 is 19.1. The minimum Gasteiger partial charge on any atom is -0.454 e. The van der Waals surface area contributed by atoms with Crippen molar-refractivity contribution in [3.63, 3.8) is 0 Å². The molecular weight excluding hydrogens is 460 g/mol. The average molecular weight is 495 g/mol. The number of aromatic amines is 1. The van der Waals surface area contributed by atoms with E-state index in [4.69, 9.17) is 14.2 Å². The van der Waals surface area contributed by atoms with Gasteiger partial charge in [0.05, 0.1) is 23.7 Å². The lowest BCUT2D eigenvalue weighted by molar-refractivity contribution is 0.0481. The molecule has 36 heavy (non-hydrogen) atoms. The van der Waals surface area contributed by atoms with Crippen LogP contribution in [-0.4, -0.2) is 56.1 Å². The van der Waals surface area contributed by atoms with Gasteiger partial charge in [0, 0.05) is 36.7 Å². The number of aromatic nitrogens is 5. The predicted molar refractivity (Wildman–Crippen MR) is 133 cm³/mol. The van der Waals surface area contributed by atoms with E-state index in [2.05, 4.69) is 37.0 Å². The topological polar surface area (TPSA) is 107 Å². The number of benzene rings is 1. The van der Waals surface area contributed by atoms with Crippen LogP contribution >= 0.6 is 0 Å². The van der Waals surface area contributed by atoms with E-state index >= 15 is 0 Å². The number of ether oxygens (including phenoxy) is 3. The molecule has 0 bridgehead atoms. The summed E-state index contributed by atoms with van der Waals surface area (Å²) in [5.41, 5.74) is 1.35. The fourth-order valence-corrected chi connectivity index (χ4v) is 5.94. The number of hydrogen-bond acceptors (Lipinski definition) is 8. The van der Waals surface area contributed by atoms with Gasteiger partial charge in [-0.25, -0.2) is 4.68 Å².